The van der Waals surface area contributed by atoms with Gasteiger partial charge in [-0.05, 0) is 30.5 Å². The molecule has 88 valence electrons. The number of hydrogen-bond acceptors (Lipinski definition) is 4. The van der Waals surface area contributed by atoms with Crippen LogP contribution in [0.4, 0.5) is 0 Å². The van der Waals surface area contributed by atoms with E-state index in [-0.39, 0.29) is 0 Å². The molecule has 17 heavy (non-hydrogen) atoms. The fourth-order valence-electron chi connectivity index (χ4n) is 1.13. The van der Waals surface area contributed by atoms with E-state index < -0.39 is 0 Å². The van der Waals surface area contributed by atoms with E-state index in [9.17, 15) is 0 Å². The maximum absolute atomic E-state index is 4.35. The van der Waals surface area contributed by atoms with E-state index in [1.54, 1.807) is 23.1 Å². The minimum absolute atomic E-state index is 0.763. The van der Waals surface area contributed by atoms with Gasteiger partial charge in [0.25, 0.3) is 0 Å². The van der Waals surface area contributed by atoms with E-state index in [0.717, 1.165) is 22.3 Å². The molecule has 0 saturated carbocycles. The minimum Gasteiger partial charge on any atom is -0.259 e. The number of nitrogens with one attached hydrogen (secondary N) is 1. The molecular formula is C12H13N3S2. The second kappa shape index (κ2) is 5.84. The summed E-state index contributed by atoms with van der Waals surface area (Å²) in [6, 6.07) is 4.09. The Kier molecular flexibility index (Phi) is 4.17. The zero-order valence-electron chi connectivity index (χ0n) is 9.51. The molecule has 0 spiro atoms. The van der Waals surface area contributed by atoms with E-state index in [1.165, 1.54) is 4.88 Å². The first-order valence-electron chi connectivity index (χ1n) is 5.15. The Balaban J connectivity index is 1.96. The standard InChI is InChI=1S/C12H13N3S2/c1-9(2)8-17-12-13-11(14-15-12)6-5-10-4-3-7-16-10/h3-7H,1,8H2,2H3,(H,13,14,15). The summed E-state index contributed by atoms with van der Waals surface area (Å²) in [6.07, 6.45) is 3.96. The molecule has 0 bridgehead atoms. The SMILES string of the molecule is C=C(C)CSc1n[nH]c(C=Cc2cccs2)n1. The van der Waals surface area contributed by atoms with E-state index in [1.807, 2.05) is 30.5 Å². The Labute approximate surface area is 109 Å². The second-order valence-corrected chi connectivity index (χ2v) is 5.52. The molecule has 0 aliphatic carbocycles. The molecular weight excluding hydrogens is 250 g/mol. The Morgan fingerprint density at radius 3 is 3.18 bits per heavy atom. The molecule has 0 radical (unpaired) electrons. The number of nitrogens with zero attached hydrogens (tertiary/aromatic N) is 2. The predicted molar refractivity (Wildman–Crippen MR) is 75.2 cm³/mol. The van der Waals surface area contributed by atoms with Crippen LogP contribution in [0.3, 0.4) is 0 Å². The number of rotatable bonds is 5. The van der Waals surface area contributed by atoms with Crippen LogP contribution in [0.5, 0.6) is 0 Å². The quantitative estimate of drug-likeness (QED) is 0.660. The van der Waals surface area contributed by atoms with Gasteiger partial charge in [0.15, 0.2) is 0 Å². The highest BCUT2D eigenvalue weighted by atomic mass is 32.2. The molecule has 3 nitrogen and oxygen atoms in total. The van der Waals surface area contributed by atoms with Gasteiger partial charge in [-0.1, -0.05) is 30.0 Å². The van der Waals surface area contributed by atoms with Crippen molar-refractivity contribution in [2.24, 2.45) is 0 Å². The van der Waals surface area contributed by atoms with Crippen molar-refractivity contribution in [3.63, 3.8) is 0 Å². The maximum Gasteiger partial charge on any atom is 0.209 e. The molecule has 2 rings (SSSR count). The van der Waals surface area contributed by atoms with Crippen LogP contribution in [0.25, 0.3) is 12.2 Å². The Hall–Kier alpha value is -1.33. The predicted octanol–water partition coefficient (Wildman–Crippen LogP) is 3.70. The van der Waals surface area contributed by atoms with Gasteiger partial charge in [-0.25, -0.2) is 4.98 Å². The third-order valence-electron chi connectivity index (χ3n) is 1.88. The molecule has 0 aromatic carbocycles. The van der Waals surface area contributed by atoms with Gasteiger partial charge < -0.3 is 0 Å². The van der Waals surface area contributed by atoms with E-state index in [2.05, 4.69) is 27.8 Å². The van der Waals surface area contributed by atoms with Crippen LogP contribution >= 0.6 is 23.1 Å². The van der Waals surface area contributed by atoms with Crippen LogP contribution in [-0.4, -0.2) is 20.9 Å². The molecule has 2 aromatic rings. The highest BCUT2D eigenvalue weighted by Crippen LogP contribution is 2.16. The average molecular weight is 263 g/mol. The third kappa shape index (κ3) is 3.87. The summed E-state index contributed by atoms with van der Waals surface area (Å²) in [4.78, 5) is 5.56. The number of H-pyrrole nitrogens is 1. The van der Waals surface area contributed by atoms with Crippen molar-refractivity contribution in [2.45, 2.75) is 12.1 Å². The third-order valence-corrected chi connectivity index (χ3v) is 3.79. The molecule has 0 saturated heterocycles. The van der Waals surface area contributed by atoms with Crippen LogP contribution in [0.15, 0.2) is 34.8 Å². The van der Waals surface area contributed by atoms with E-state index in [4.69, 9.17) is 0 Å². The van der Waals surface area contributed by atoms with Crippen molar-refractivity contribution >= 4 is 35.3 Å². The molecule has 0 unspecified atom stereocenters. The van der Waals surface area contributed by atoms with Gasteiger partial charge in [-0.15, -0.1) is 16.4 Å². The lowest BCUT2D eigenvalue weighted by Gasteiger charge is -1.92. The van der Waals surface area contributed by atoms with Crippen molar-refractivity contribution < 1.29 is 0 Å². The fourth-order valence-corrected chi connectivity index (χ4v) is 2.40. The first-order valence-corrected chi connectivity index (χ1v) is 7.02. The van der Waals surface area contributed by atoms with Crippen LogP contribution in [0.1, 0.15) is 17.6 Å². The van der Waals surface area contributed by atoms with Gasteiger partial charge in [0.1, 0.15) is 5.82 Å². The zero-order chi connectivity index (χ0) is 12.1. The molecule has 0 atom stereocenters. The molecule has 1 N–H and O–H groups in total. The number of aromatic amines is 1. The Morgan fingerprint density at radius 1 is 1.59 bits per heavy atom. The summed E-state index contributed by atoms with van der Waals surface area (Å²) >= 11 is 3.29. The summed E-state index contributed by atoms with van der Waals surface area (Å²) < 4.78 is 0. The Morgan fingerprint density at radius 2 is 2.47 bits per heavy atom. The number of hydrogen-bond donors (Lipinski definition) is 1. The van der Waals surface area contributed by atoms with E-state index in [0.29, 0.717) is 0 Å². The van der Waals surface area contributed by atoms with Crippen LogP contribution in [0.2, 0.25) is 0 Å². The van der Waals surface area contributed by atoms with Gasteiger partial charge in [-0.2, -0.15) is 0 Å². The maximum atomic E-state index is 4.35. The average Bonchev–Trinajstić information content (AvgIpc) is 2.95. The fraction of sp³-hybridized carbons (Fsp3) is 0.167. The van der Waals surface area contributed by atoms with Crippen LogP contribution in [0, 0.1) is 0 Å². The van der Waals surface area contributed by atoms with Crippen molar-refractivity contribution in [1.82, 2.24) is 15.2 Å². The number of thiophene rings is 1. The van der Waals surface area contributed by atoms with Gasteiger partial charge >= 0.3 is 0 Å². The summed E-state index contributed by atoms with van der Waals surface area (Å²) in [7, 11) is 0. The Bertz CT molecular complexity index is 512. The first kappa shape index (κ1) is 12.1. The minimum atomic E-state index is 0.763. The molecule has 5 heteroatoms. The van der Waals surface area contributed by atoms with Gasteiger partial charge in [0, 0.05) is 10.6 Å². The van der Waals surface area contributed by atoms with Gasteiger partial charge in [0.05, 0.1) is 0 Å². The van der Waals surface area contributed by atoms with Crippen LogP contribution < -0.4 is 0 Å². The van der Waals surface area contributed by atoms with Crippen molar-refractivity contribution in [3.8, 4) is 0 Å². The highest BCUT2D eigenvalue weighted by molar-refractivity contribution is 7.99. The lowest BCUT2D eigenvalue weighted by atomic mass is 10.4. The summed E-state index contributed by atoms with van der Waals surface area (Å²) in [5.41, 5.74) is 1.12. The molecule has 2 aromatic heterocycles. The molecule has 0 aliphatic rings. The largest absolute Gasteiger partial charge is 0.259 e. The van der Waals surface area contributed by atoms with Crippen molar-refractivity contribution in [3.05, 3.63) is 40.4 Å². The molecule has 2 heterocycles. The topological polar surface area (TPSA) is 41.6 Å². The van der Waals surface area contributed by atoms with Crippen molar-refractivity contribution in [1.29, 1.82) is 0 Å². The smallest absolute Gasteiger partial charge is 0.209 e. The van der Waals surface area contributed by atoms with E-state index >= 15 is 0 Å². The first-order chi connectivity index (χ1) is 8.24. The lowest BCUT2D eigenvalue weighted by molar-refractivity contribution is 0.973. The summed E-state index contributed by atoms with van der Waals surface area (Å²) in [5.74, 6) is 1.63. The van der Waals surface area contributed by atoms with Gasteiger partial charge in [0.2, 0.25) is 5.16 Å². The number of thioether (sulfide) groups is 1. The zero-order valence-corrected chi connectivity index (χ0v) is 11.1. The molecule has 0 amide bonds. The molecule has 0 fully saturated rings. The highest BCUT2D eigenvalue weighted by Gasteiger charge is 2.01. The molecule has 0 aliphatic heterocycles. The summed E-state index contributed by atoms with van der Waals surface area (Å²) in [5, 5.41) is 9.84. The van der Waals surface area contributed by atoms with Crippen molar-refractivity contribution in [2.75, 3.05) is 5.75 Å². The second-order valence-electron chi connectivity index (χ2n) is 3.60. The monoisotopic (exact) mass is 263 g/mol. The van der Waals surface area contributed by atoms with Crippen LogP contribution in [-0.2, 0) is 0 Å². The summed E-state index contributed by atoms with van der Waals surface area (Å²) in [6.45, 7) is 5.85. The lowest BCUT2D eigenvalue weighted by Crippen LogP contribution is -1.81. The normalized spacial score (nSPS) is 11.1. The number of aromatic nitrogens is 3. The van der Waals surface area contributed by atoms with Gasteiger partial charge in [-0.3, -0.25) is 5.10 Å².